The summed E-state index contributed by atoms with van der Waals surface area (Å²) >= 11 is 11.7. The largest absolute Gasteiger partial charge is 0.399 e. The van der Waals surface area contributed by atoms with Crippen LogP contribution in [0.15, 0.2) is 35.6 Å². The van der Waals surface area contributed by atoms with Crippen LogP contribution in [-0.2, 0) is 10.0 Å². The van der Waals surface area contributed by atoms with Crippen LogP contribution >= 0.6 is 23.2 Å². The predicted molar refractivity (Wildman–Crippen MR) is 73.7 cm³/mol. The molecule has 2 rings (SSSR count). The number of rotatable bonds is 3. The maximum Gasteiger partial charge on any atom is 0.266 e. The van der Waals surface area contributed by atoms with E-state index in [1.54, 1.807) is 0 Å². The van der Waals surface area contributed by atoms with Gasteiger partial charge in [-0.2, -0.15) is 0 Å². The first-order valence-corrected chi connectivity index (χ1v) is 7.17. The summed E-state index contributed by atoms with van der Waals surface area (Å²) in [5.74, 6) is 0.0615. The third-order valence-corrected chi connectivity index (χ3v) is 4.37. The summed E-state index contributed by atoms with van der Waals surface area (Å²) in [4.78, 5) is 7.29. The molecule has 0 fully saturated rings. The lowest BCUT2D eigenvalue weighted by atomic mass is 10.3. The van der Waals surface area contributed by atoms with E-state index in [1.807, 2.05) is 0 Å². The molecule has 9 heteroatoms. The second kappa shape index (κ2) is 5.20. The van der Waals surface area contributed by atoms with Gasteiger partial charge in [-0.3, -0.25) is 9.71 Å². The molecule has 6 nitrogen and oxygen atoms in total. The molecule has 3 N–H and O–H groups in total. The van der Waals surface area contributed by atoms with Crippen molar-refractivity contribution in [2.24, 2.45) is 0 Å². The molecule has 100 valence electrons. The van der Waals surface area contributed by atoms with E-state index in [0.29, 0.717) is 0 Å². The van der Waals surface area contributed by atoms with E-state index < -0.39 is 10.0 Å². The fourth-order valence-electron chi connectivity index (χ4n) is 1.38. The van der Waals surface area contributed by atoms with E-state index in [9.17, 15) is 8.42 Å². The minimum atomic E-state index is -3.96. The standard InChI is InChI=1S/C10H8Cl2N4O2S/c11-7-3-6(13)4-8(12)10(7)19(17,18)16-9-5-14-1-2-15-9/h1-5H,13H2,(H,15,16). The Morgan fingerprint density at radius 2 is 1.79 bits per heavy atom. The number of nitrogens with zero attached hydrogens (tertiary/aromatic N) is 2. The molecule has 1 aromatic carbocycles. The summed E-state index contributed by atoms with van der Waals surface area (Å²) in [5.41, 5.74) is 5.79. The van der Waals surface area contributed by atoms with Crippen LogP contribution in [0.4, 0.5) is 11.5 Å². The first kappa shape index (κ1) is 13.9. The lowest BCUT2D eigenvalue weighted by molar-refractivity contribution is 0.601. The number of halogens is 2. The van der Waals surface area contributed by atoms with Crippen LogP contribution < -0.4 is 10.5 Å². The minimum absolute atomic E-state index is 0.0615. The molecule has 19 heavy (non-hydrogen) atoms. The van der Waals surface area contributed by atoms with Gasteiger partial charge in [0.15, 0.2) is 5.82 Å². The van der Waals surface area contributed by atoms with Crippen LogP contribution in [0, 0.1) is 0 Å². The average Bonchev–Trinajstić information content (AvgIpc) is 2.27. The summed E-state index contributed by atoms with van der Waals surface area (Å²) in [6, 6.07) is 2.61. The zero-order chi connectivity index (χ0) is 14.0. The molecular weight excluding hydrogens is 311 g/mol. The third kappa shape index (κ3) is 3.06. The summed E-state index contributed by atoms with van der Waals surface area (Å²) in [6.07, 6.45) is 4.03. The summed E-state index contributed by atoms with van der Waals surface area (Å²) in [5, 5.41) is -0.136. The molecule has 0 amide bonds. The molecule has 0 saturated heterocycles. The first-order chi connectivity index (χ1) is 8.90. The Bertz CT molecular complexity index is 684. The van der Waals surface area contributed by atoms with Gasteiger partial charge in [0.25, 0.3) is 10.0 Å². The van der Waals surface area contributed by atoms with Crippen molar-refractivity contribution in [1.29, 1.82) is 0 Å². The second-order valence-corrected chi connectivity index (χ2v) is 5.94. The summed E-state index contributed by atoms with van der Waals surface area (Å²) in [6.45, 7) is 0. The quantitative estimate of drug-likeness (QED) is 0.845. The van der Waals surface area contributed by atoms with Gasteiger partial charge < -0.3 is 5.73 Å². The molecule has 1 heterocycles. The Hall–Kier alpha value is -1.57. The first-order valence-electron chi connectivity index (χ1n) is 4.93. The minimum Gasteiger partial charge on any atom is -0.399 e. The molecular formula is C10H8Cl2N4O2S. The topological polar surface area (TPSA) is 98.0 Å². The van der Waals surface area contributed by atoms with Crippen molar-refractivity contribution in [3.63, 3.8) is 0 Å². The van der Waals surface area contributed by atoms with E-state index >= 15 is 0 Å². The van der Waals surface area contributed by atoms with E-state index in [2.05, 4.69) is 14.7 Å². The molecule has 0 aliphatic rings. The van der Waals surface area contributed by atoms with Crippen LogP contribution in [0.3, 0.4) is 0 Å². The Labute approximate surface area is 119 Å². The van der Waals surface area contributed by atoms with Gasteiger partial charge >= 0.3 is 0 Å². The van der Waals surface area contributed by atoms with Crippen molar-refractivity contribution in [2.45, 2.75) is 4.90 Å². The number of hydrogen-bond donors (Lipinski definition) is 2. The highest BCUT2D eigenvalue weighted by Gasteiger charge is 2.22. The number of anilines is 2. The van der Waals surface area contributed by atoms with Gasteiger partial charge in [-0.05, 0) is 12.1 Å². The summed E-state index contributed by atoms with van der Waals surface area (Å²) in [7, 11) is -3.96. The number of nitrogens with two attached hydrogens (primary N) is 1. The molecule has 0 radical (unpaired) electrons. The van der Waals surface area contributed by atoms with E-state index in [4.69, 9.17) is 28.9 Å². The highest BCUT2D eigenvalue weighted by molar-refractivity contribution is 7.93. The summed E-state index contributed by atoms with van der Waals surface area (Å²) < 4.78 is 26.6. The third-order valence-electron chi connectivity index (χ3n) is 2.09. The van der Waals surface area contributed by atoms with Crippen molar-refractivity contribution in [2.75, 3.05) is 10.5 Å². The highest BCUT2D eigenvalue weighted by atomic mass is 35.5. The monoisotopic (exact) mass is 318 g/mol. The number of sulfonamides is 1. The van der Waals surface area contributed by atoms with Gasteiger partial charge in [-0.1, -0.05) is 23.2 Å². The van der Waals surface area contributed by atoms with Crippen LogP contribution in [0.25, 0.3) is 0 Å². The van der Waals surface area contributed by atoms with Gasteiger partial charge in [0.2, 0.25) is 0 Å². The van der Waals surface area contributed by atoms with Crippen molar-refractivity contribution in [1.82, 2.24) is 9.97 Å². The number of benzene rings is 1. The second-order valence-electron chi connectivity index (χ2n) is 3.51. The fourth-order valence-corrected chi connectivity index (χ4v) is 3.60. The molecule has 0 atom stereocenters. The predicted octanol–water partition coefficient (Wildman–Crippen LogP) is 2.17. The number of aromatic nitrogens is 2. The molecule has 2 aromatic rings. The molecule has 0 aliphatic carbocycles. The number of nitrogens with one attached hydrogen (secondary N) is 1. The van der Waals surface area contributed by atoms with E-state index in [-0.39, 0.29) is 26.4 Å². The van der Waals surface area contributed by atoms with Crippen LogP contribution in [-0.4, -0.2) is 18.4 Å². The number of hydrogen-bond acceptors (Lipinski definition) is 5. The van der Waals surface area contributed by atoms with E-state index in [0.717, 1.165) is 0 Å². The maximum absolute atomic E-state index is 12.2. The molecule has 0 unspecified atom stereocenters. The van der Waals surface area contributed by atoms with Crippen LogP contribution in [0.1, 0.15) is 0 Å². The molecule has 0 bridgehead atoms. The fraction of sp³-hybridized carbons (Fsp3) is 0. The Morgan fingerprint density at radius 1 is 1.16 bits per heavy atom. The highest BCUT2D eigenvalue weighted by Crippen LogP contribution is 2.32. The van der Waals surface area contributed by atoms with Crippen molar-refractivity contribution in [3.05, 3.63) is 40.8 Å². The SMILES string of the molecule is Nc1cc(Cl)c(S(=O)(=O)Nc2cnccn2)c(Cl)c1. The molecule has 1 aromatic heterocycles. The Kier molecular flexibility index (Phi) is 3.79. The van der Waals surface area contributed by atoms with Crippen molar-refractivity contribution < 1.29 is 8.42 Å². The Morgan fingerprint density at radius 3 is 2.32 bits per heavy atom. The van der Waals surface area contributed by atoms with E-state index in [1.165, 1.54) is 30.7 Å². The van der Waals surface area contributed by atoms with Gasteiger partial charge in [0.05, 0.1) is 16.2 Å². The van der Waals surface area contributed by atoms with Gasteiger partial charge in [0, 0.05) is 18.1 Å². The molecule has 0 spiro atoms. The maximum atomic E-state index is 12.2. The number of nitrogen functional groups attached to an aromatic ring is 1. The normalized spacial score (nSPS) is 11.3. The van der Waals surface area contributed by atoms with Crippen LogP contribution in [0.2, 0.25) is 10.0 Å². The smallest absolute Gasteiger partial charge is 0.266 e. The molecule has 0 saturated carbocycles. The van der Waals surface area contributed by atoms with Crippen LogP contribution in [0.5, 0.6) is 0 Å². The van der Waals surface area contributed by atoms with Crippen molar-refractivity contribution >= 4 is 44.7 Å². The van der Waals surface area contributed by atoms with Gasteiger partial charge in [-0.25, -0.2) is 13.4 Å². The lowest BCUT2D eigenvalue weighted by Gasteiger charge is -2.10. The van der Waals surface area contributed by atoms with Crippen molar-refractivity contribution in [3.8, 4) is 0 Å². The van der Waals surface area contributed by atoms with Gasteiger partial charge in [-0.15, -0.1) is 0 Å². The molecule has 0 aliphatic heterocycles. The Balaban J connectivity index is 2.46. The lowest BCUT2D eigenvalue weighted by Crippen LogP contribution is -2.15. The average molecular weight is 319 g/mol. The zero-order valence-electron chi connectivity index (χ0n) is 9.34. The van der Waals surface area contributed by atoms with Gasteiger partial charge in [0.1, 0.15) is 4.90 Å². The zero-order valence-corrected chi connectivity index (χ0v) is 11.7.